The van der Waals surface area contributed by atoms with Crippen LogP contribution in [0.15, 0.2) is 41.2 Å². The number of nitrogens with zero attached hydrogens (tertiary/aromatic N) is 2. The van der Waals surface area contributed by atoms with Gasteiger partial charge in [0.2, 0.25) is 0 Å². The summed E-state index contributed by atoms with van der Waals surface area (Å²) in [7, 11) is 0. The Hall–Kier alpha value is -3.48. The molecule has 0 aliphatic heterocycles. The summed E-state index contributed by atoms with van der Waals surface area (Å²) in [5.74, 6) is 0.135. The van der Waals surface area contributed by atoms with Crippen molar-refractivity contribution in [2.24, 2.45) is 0 Å². The molecule has 2 N–H and O–H groups in total. The molecular formula is C20H20N4O3. The van der Waals surface area contributed by atoms with E-state index in [-0.39, 0.29) is 11.5 Å². The van der Waals surface area contributed by atoms with Crippen molar-refractivity contribution in [1.82, 2.24) is 10.1 Å². The van der Waals surface area contributed by atoms with Gasteiger partial charge < -0.3 is 15.2 Å². The Morgan fingerprint density at radius 3 is 2.00 bits per heavy atom. The third-order valence-corrected chi connectivity index (χ3v) is 4.05. The van der Waals surface area contributed by atoms with Gasteiger partial charge in [-0.05, 0) is 44.9 Å². The second-order valence-corrected chi connectivity index (χ2v) is 6.47. The first kappa shape index (κ1) is 18.3. The van der Waals surface area contributed by atoms with Gasteiger partial charge in [-0.15, -0.1) is 0 Å². The number of pyridine rings is 1. The summed E-state index contributed by atoms with van der Waals surface area (Å²) in [5, 5.41) is 9.22. The van der Waals surface area contributed by atoms with Gasteiger partial charge >= 0.3 is 0 Å². The number of hydrogen-bond acceptors (Lipinski definition) is 5. The van der Waals surface area contributed by atoms with Crippen molar-refractivity contribution in [3.05, 3.63) is 70.2 Å². The number of benzene rings is 1. The van der Waals surface area contributed by atoms with Crippen LogP contribution in [-0.2, 0) is 0 Å². The average Bonchev–Trinajstić information content (AvgIpc) is 3.02. The summed E-state index contributed by atoms with van der Waals surface area (Å²) in [4.78, 5) is 29.0. The van der Waals surface area contributed by atoms with Crippen molar-refractivity contribution in [3.63, 3.8) is 0 Å². The average molecular weight is 364 g/mol. The second kappa shape index (κ2) is 7.41. The third-order valence-electron chi connectivity index (χ3n) is 4.05. The molecule has 0 saturated carbocycles. The van der Waals surface area contributed by atoms with Gasteiger partial charge in [0.25, 0.3) is 11.8 Å². The molecule has 0 aliphatic rings. The molecule has 0 fully saturated rings. The number of carbonyl (C=O) groups excluding carboxylic acids is 2. The molecule has 7 nitrogen and oxygen atoms in total. The summed E-state index contributed by atoms with van der Waals surface area (Å²) < 4.78 is 4.92. The van der Waals surface area contributed by atoms with Crippen LogP contribution >= 0.6 is 0 Å². The molecule has 1 aromatic carbocycles. The number of carbonyl (C=O) groups is 2. The summed E-state index contributed by atoms with van der Waals surface area (Å²) in [6.07, 6.45) is 2.81. The lowest BCUT2D eigenvalue weighted by atomic mass is 10.0. The molecule has 2 aromatic heterocycles. The number of rotatable bonds is 4. The van der Waals surface area contributed by atoms with Gasteiger partial charge in [0.15, 0.2) is 5.82 Å². The highest BCUT2D eigenvalue weighted by Gasteiger charge is 2.15. The van der Waals surface area contributed by atoms with Crippen molar-refractivity contribution >= 4 is 23.3 Å². The summed E-state index contributed by atoms with van der Waals surface area (Å²) in [5.41, 5.74) is 4.39. The minimum absolute atomic E-state index is 0.251. The molecular weight excluding hydrogens is 344 g/mol. The molecule has 2 amide bonds. The minimum atomic E-state index is -0.423. The highest BCUT2D eigenvalue weighted by molar-refractivity contribution is 6.08. The van der Waals surface area contributed by atoms with Gasteiger partial charge in [-0.1, -0.05) is 22.9 Å². The standard InChI is InChI=1S/C20H20N4O3/c1-11-5-12(2)18(13(3)6-11)23-20(26)16-8-15(9-21-10-16)19(25)22-17-7-14(4)27-24-17/h5-10H,1-4H3,(H,23,26)(H,22,24,25). The minimum Gasteiger partial charge on any atom is -0.360 e. The monoisotopic (exact) mass is 364 g/mol. The van der Waals surface area contributed by atoms with E-state index in [2.05, 4.69) is 20.8 Å². The zero-order chi connectivity index (χ0) is 19.6. The predicted octanol–water partition coefficient (Wildman–Crippen LogP) is 3.81. The van der Waals surface area contributed by atoms with Crippen LogP contribution in [0.25, 0.3) is 0 Å². The zero-order valence-electron chi connectivity index (χ0n) is 15.6. The fourth-order valence-corrected chi connectivity index (χ4v) is 2.86. The number of anilines is 2. The van der Waals surface area contributed by atoms with Crippen molar-refractivity contribution in [3.8, 4) is 0 Å². The van der Waals surface area contributed by atoms with Crippen LogP contribution < -0.4 is 10.6 Å². The Labute approximate surface area is 156 Å². The topological polar surface area (TPSA) is 97.1 Å². The molecule has 3 aromatic rings. The molecule has 3 rings (SSSR count). The first-order chi connectivity index (χ1) is 12.8. The molecule has 0 bridgehead atoms. The molecule has 0 atom stereocenters. The van der Waals surface area contributed by atoms with E-state index in [1.165, 1.54) is 18.5 Å². The molecule has 0 aliphatic carbocycles. The van der Waals surface area contributed by atoms with Crippen LogP contribution in [0.3, 0.4) is 0 Å². The number of hydrogen-bond donors (Lipinski definition) is 2. The van der Waals surface area contributed by atoms with Gasteiger partial charge in [-0.2, -0.15) is 0 Å². The van der Waals surface area contributed by atoms with Crippen LogP contribution in [0.1, 0.15) is 43.2 Å². The Kier molecular flexibility index (Phi) is 5.03. The van der Waals surface area contributed by atoms with E-state index in [0.29, 0.717) is 17.1 Å². The first-order valence-electron chi connectivity index (χ1n) is 8.42. The van der Waals surface area contributed by atoms with Crippen molar-refractivity contribution in [1.29, 1.82) is 0 Å². The Morgan fingerprint density at radius 2 is 1.44 bits per heavy atom. The molecule has 0 saturated heterocycles. The summed E-state index contributed by atoms with van der Waals surface area (Å²) >= 11 is 0. The van der Waals surface area contributed by atoms with Gasteiger partial charge in [-0.25, -0.2) is 0 Å². The van der Waals surface area contributed by atoms with Crippen LogP contribution in [0.4, 0.5) is 11.5 Å². The lowest BCUT2D eigenvalue weighted by molar-refractivity contribution is 0.102. The van der Waals surface area contributed by atoms with Crippen LogP contribution in [0, 0.1) is 27.7 Å². The Morgan fingerprint density at radius 1 is 0.852 bits per heavy atom. The van der Waals surface area contributed by atoms with Gasteiger partial charge in [0, 0.05) is 24.1 Å². The molecule has 0 spiro atoms. The van der Waals surface area contributed by atoms with Gasteiger partial charge in [-0.3, -0.25) is 14.6 Å². The quantitative estimate of drug-likeness (QED) is 0.734. The molecule has 0 radical (unpaired) electrons. The van der Waals surface area contributed by atoms with Crippen LogP contribution in [0.5, 0.6) is 0 Å². The Balaban J connectivity index is 1.78. The van der Waals surface area contributed by atoms with E-state index in [1.807, 2.05) is 32.9 Å². The fourth-order valence-electron chi connectivity index (χ4n) is 2.86. The van der Waals surface area contributed by atoms with E-state index in [9.17, 15) is 9.59 Å². The molecule has 7 heteroatoms. The smallest absolute Gasteiger partial charge is 0.258 e. The number of nitrogens with one attached hydrogen (secondary N) is 2. The predicted molar refractivity (Wildman–Crippen MR) is 102 cm³/mol. The number of amides is 2. The van der Waals surface area contributed by atoms with E-state index in [1.54, 1.807) is 13.0 Å². The lowest BCUT2D eigenvalue weighted by Gasteiger charge is -2.13. The highest BCUT2D eigenvalue weighted by atomic mass is 16.5. The van der Waals surface area contributed by atoms with E-state index in [4.69, 9.17) is 4.52 Å². The van der Waals surface area contributed by atoms with Gasteiger partial charge in [0.05, 0.1) is 11.1 Å². The highest BCUT2D eigenvalue weighted by Crippen LogP contribution is 2.22. The van der Waals surface area contributed by atoms with Crippen molar-refractivity contribution < 1.29 is 14.1 Å². The Bertz CT molecular complexity index is 1000. The van der Waals surface area contributed by atoms with Crippen molar-refractivity contribution in [2.45, 2.75) is 27.7 Å². The van der Waals surface area contributed by atoms with Crippen molar-refractivity contribution in [2.75, 3.05) is 10.6 Å². The lowest BCUT2D eigenvalue weighted by Crippen LogP contribution is -2.17. The van der Waals surface area contributed by atoms with E-state index < -0.39 is 5.91 Å². The molecule has 0 unspecified atom stereocenters. The summed E-state index contributed by atoms with van der Waals surface area (Å²) in [6, 6.07) is 7.10. The first-order valence-corrected chi connectivity index (χ1v) is 8.42. The normalized spacial score (nSPS) is 10.5. The van der Waals surface area contributed by atoms with Crippen LogP contribution in [0.2, 0.25) is 0 Å². The van der Waals surface area contributed by atoms with E-state index >= 15 is 0 Å². The number of aryl methyl sites for hydroxylation is 4. The maximum Gasteiger partial charge on any atom is 0.258 e. The third kappa shape index (κ3) is 4.20. The van der Waals surface area contributed by atoms with E-state index in [0.717, 1.165) is 22.4 Å². The van der Waals surface area contributed by atoms with Gasteiger partial charge in [0.1, 0.15) is 5.76 Å². The maximum atomic E-state index is 12.6. The summed E-state index contributed by atoms with van der Waals surface area (Å²) in [6.45, 7) is 7.62. The maximum absolute atomic E-state index is 12.6. The zero-order valence-corrected chi connectivity index (χ0v) is 15.6. The molecule has 138 valence electrons. The molecule has 27 heavy (non-hydrogen) atoms. The van der Waals surface area contributed by atoms with Crippen LogP contribution in [-0.4, -0.2) is 22.0 Å². The largest absolute Gasteiger partial charge is 0.360 e. The number of aromatic nitrogens is 2. The fraction of sp³-hybridized carbons (Fsp3) is 0.200. The second-order valence-electron chi connectivity index (χ2n) is 6.47. The molecule has 2 heterocycles. The SMILES string of the molecule is Cc1cc(C)c(NC(=O)c2cncc(C(=O)Nc3cc(C)on3)c2)c(C)c1.